The molecule has 65 heavy (non-hydrogen) atoms. The summed E-state index contributed by atoms with van der Waals surface area (Å²) < 4.78 is 7.03. The summed E-state index contributed by atoms with van der Waals surface area (Å²) >= 11 is 0. The van der Waals surface area contributed by atoms with Gasteiger partial charge in [-0.05, 0) is 117 Å². The molecule has 3 aliphatic carbocycles. The van der Waals surface area contributed by atoms with Crippen LogP contribution >= 0.6 is 0 Å². The number of nitrogens with zero attached hydrogens (tertiary/aromatic N) is 1. The molecule has 0 amide bonds. The van der Waals surface area contributed by atoms with E-state index in [4.69, 9.17) is 4.42 Å². The lowest BCUT2D eigenvalue weighted by Crippen LogP contribution is -2.28. The van der Waals surface area contributed by atoms with Crippen LogP contribution in [0.15, 0.2) is 229 Å². The molecule has 13 rings (SSSR count). The second kappa shape index (κ2) is 15.0. The number of anilines is 3. The quantitative estimate of drug-likeness (QED) is 0.149. The molecule has 0 aliphatic heterocycles. The molecule has 1 unspecified atom stereocenters. The van der Waals surface area contributed by atoms with Gasteiger partial charge in [0.2, 0.25) is 0 Å². The number of rotatable bonds is 7. The molecule has 1 aromatic heterocycles. The van der Waals surface area contributed by atoms with Gasteiger partial charge in [0.05, 0.1) is 22.2 Å². The van der Waals surface area contributed by atoms with Gasteiger partial charge in [0.25, 0.3) is 0 Å². The highest BCUT2D eigenvalue weighted by molar-refractivity contribution is 6.21. The van der Waals surface area contributed by atoms with E-state index in [2.05, 4.69) is 242 Å². The molecule has 306 valence electrons. The Morgan fingerprint density at radius 2 is 1.25 bits per heavy atom. The highest BCUT2D eigenvalue weighted by Gasteiger charge is 2.46. The standard InChI is InChI=1S/C63H43NO/c1-4-18-42(19-5-1)43-34-36-47(37-35-43)64(48-38-39-53-52-28-14-15-31-57(52)63(58(53)40-48,45-22-6-2-7-23-45)46-24-8-3-9-25-46)59-32-17-33-60-61(59)56-41-55(51-27-12-13-29-54(51)62(56)65-60)50-30-16-21-44-20-10-11-26-49(44)50/h1-9,11-19,21-37,40-41,44,49H,10,20H2/t44?,49-/m0/s1. The van der Waals surface area contributed by atoms with Gasteiger partial charge in [0.15, 0.2) is 0 Å². The summed E-state index contributed by atoms with van der Waals surface area (Å²) in [5.41, 5.74) is 16.2. The average Bonchev–Trinajstić information content (AvgIpc) is 3.91. The van der Waals surface area contributed by atoms with Crippen molar-refractivity contribution in [3.8, 4) is 22.3 Å². The Bertz CT molecular complexity index is 3500. The summed E-state index contributed by atoms with van der Waals surface area (Å²) in [5, 5.41) is 4.51. The first-order valence-electron chi connectivity index (χ1n) is 22.8. The van der Waals surface area contributed by atoms with Crippen LogP contribution in [-0.2, 0) is 5.41 Å². The van der Waals surface area contributed by atoms with Crippen molar-refractivity contribution >= 4 is 55.3 Å². The number of allylic oxidation sites excluding steroid dienone is 6. The van der Waals surface area contributed by atoms with Gasteiger partial charge < -0.3 is 9.32 Å². The first-order valence-corrected chi connectivity index (χ1v) is 22.8. The third-order valence-corrected chi connectivity index (χ3v) is 14.3. The second-order valence-electron chi connectivity index (χ2n) is 17.6. The van der Waals surface area contributed by atoms with E-state index in [0.29, 0.717) is 11.8 Å². The van der Waals surface area contributed by atoms with Gasteiger partial charge in [0, 0.05) is 27.9 Å². The molecule has 0 radical (unpaired) electrons. The minimum Gasteiger partial charge on any atom is -0.455 e. The summed E-state index contributed by atoms with van der Waals surface area (Å²) in [6.45, 7) is 0. The molecule has 3 aliphatic rings. The Morgan fingerprint density at radius 1 is 0.554 bits per heavy atom. The number of fused-ring (bicyclic) bond motifs is 9. The molecular weight excluding hydrogens is 787 g/mol. The van der Waals surface area contributed by atoms with Crippen molar-refractivity contribution in [2.24, 2.45) is 11.8 Å². The second-order valence-corrected chi connectivity index (χ2v) is 17.6. The highest BCUT2D eigenvalue weighted by atomic mass is 16.3. The Morgan fingerprint density at radius 3 is 2.03 bits per heavy atom. The lowest BCUT2D eigenvalue weighted by molar-refractivity contribution is 0.503. The molecule has 10 aromatic rings. The minimum atomic E-state index is -0.590. The number of hydrogen-bond acceptors (Lipinski definition) is 2. The van der Waals surface area contributed by atoms with E-state index >= 15 is 0 Å². The van der Waals surface area contributed by atoms with Gasteiger partial charge >= 0.3 is 0 Å². The fourth-order valence-electron chi connectivity index (χ4n) is 11.4. The van der Waals surface area contributed by atoms with Crippen LogP contribution < -0.4 is 4.90 Å². The molecule has 2 atom stereocenters. The van der Waals surface area contributed by atoms with Crippen molar-refractivity contribution in [3.63, 3.8) is 0 Å². The van der Waals surface area contributed by atoms with Crippen LogP contribution in [0.3, 0.4) is 0 Å². The minimum absolute atomic E-state index is 0.335. The lowest BCUT2D eigenvalue weighted by atomic mass is 9.68. The van der Waals surface area contributed by atoms with Crippen LogP contribution in [0.5, 0.6) is 0 Å². The zero-order valence-electron chi connectivity index (χ0n) is 35.8. The Kier molecular flexibility index (Phi) is 8.65. The summed E-state index contributed by atoms with van der Waals surface area (Å²) in [6, 6.07) is 78.0. The van der Waals surface area contributed by atoms with Crippen LogP contribution in [0.2, 0.25) is 0 Å². The van der Waals surface area contributed by atoms with E-state index in [1.165, 1.54) is 56.3 Å². The summed E-state index contributed by atoms with van der Waals surface area (Å²) in [7, 11) is 0. The van der Waals surface area contributed by atoms with E-state index in [0.717, 1.165) is 61.9 Å². The summed E-state index contributed by atoms with van der Waals surface area (Å²) in [5.74, 6) is 0.833. The monoisotopic (exact) mass is 829 g/mol. The predicted molar refractivity (Wildman–Crippen MR) is 269 cm³/mol. The van der Waals surface area contributed by atoms with Crippen molar-refractivity contribution < 1.29 is 4.42 Å². The maximum absolute atomic E-state index is 7.03. The smallest absolute Gasteiger partial charge is 0.143 e. The van der Waals surface area contributed by atoms with Crippen molar-refractivity contribution in [3.05, 3.63) is 264 Å². The molecule has 0 saturated carbocycles. The third kappa shape index (κ3) is 5.76. The molecule has 0 fully saturated rings. The van der Waals surface area contributed by atoms with Crippen LogP contribution in [0, 0.1) is 24.0 Å². The molecule has 0 bridgehead atoms. The first-order chi connectivity index (χ1) is 32.3. The van der Waals surface area contributed by atoms with Crippen LogP contribution in [-0.4, -0.2) is 0 Å². The fourth-order valence-corrected chi connectivity index (χ4v) is 11.4. The van der Waals surface area contributed by atoms with Gasteiger partial charge in [-0.2, -0.15) is 0 Å². The zero-order chi connectivity index (χ0) is 42.9. The molecule has 1 heterocycles. The Labute approximate surface area is 379 Å². The van der Waals surface area contributed by atoms with Gasteiger partial charge in [-0.3, -0.25) is 0 Å². The van der Waals surface area contributed by atoms with Crippen LogP contribution in [0.25, 0.3) is 60.5 Å². The first kappa shape index (κ1) is 37.4. The topological polar surface area (TPSA) is 16.4 Å². The SMILES string of the molecule is c1c(N(c2ccc(-c3ccccc3)cc2)c2cccc3oc4c5ccccc5c(C5=CC=CC6CCC=C[C@H]56)cc4c23)cc2c(c#1)-c1ccccc1C2(c1ccccc1)c1ccccc1. The van der Waals surface area contributed by atoms with Crippen molar-refractivity contribution in [2.75, 3.05) is 4.90 Å². The van der Waals surface area contributed by atoms with Crippen molar-refractivity contribution in [1.29, 1.82) is 0 Å². The van der Waals surface area contributed by atoms with Crippen LogP contribution in [0.1, 0.15) is 40.7 Å². The van der Waals surface area contributed by atoms with E-state index in [-0.39, 0.29) is 0 Å². The largest absolute Gasteiger partial charge is 0.455 e. The molecule has 2 heteroatoms. The zero-order valence-corrected chi connectivity index (χ0v) is 35.8. The Balaban J connectivity index is 1.09. The molecular formula is C63H43NO. The van der Waals surface area contributed by atoms with E-state index in [9.17, 15) is 0 Å². The maximum Gasteiger partial charge on any atom is 0.143 e. The predicted octanol–water partition coefficient (Wildman–Crippen LogP) is 16.4. The summed E-state index contributed by atoms with van der Waals surface area (Å²) in [4.78, 5) is 2.38. The number of benzene rings is 8. The molecule has 0 spiro atoms. The fraction of sp³-hybridized carbons (Fsp3) is 0.0794. The van der Waals surface area contributed by atoms with Gasteiger partial charge in [-0.25, -0.2) is 0 Å². The molecule has 0 saturated heterocycles. The van der Waals surface area contributed by atoms with Gasteiger partial charge in [-0.15, -0.1) is 0 Å². The average molecular weight is 830 g/mol. The molecule has 2 nitrogen and oxygen atoms in total. The van der Waals surface area contributed by atoms with E-state index in [1.54, 1.807) is 0 Å². The Hall–Kier alpha value is -8.12. The highest BCUT2D eigenvalue weighted by Crippen LogP contribution is 2.57. The maximum atomic E-state index is 7.03. The van der Waals surface area contributed by atoms with Gasteiger partial charge in [0.1, 0.15) is 11.2 Å². The third-order valence-electron chi connectivity index (χ3n) is 14.3. The van der Waals surface area contributed by atoms with Crippen molar-refractivity contribution in [1.82, 2.24) is 0 Å². The molecule has 0 N–H and O–H groups in total. The normalized spacial score (nSPS) is 16.8. The van der Waals surface area contributed by atoms with Crippen molar-refractivity contribution in [2.45, 2.75) is 18.3 Å². The molecule has 9 aromatic carbocycles. The van der Waals surface area contributed by atoms with E-state index in [1.807, 2.05) is 0 Å². The number of furan rings is 1. The summed E-state index contributed by atoms with van der Waals surface area (Å²) in [6.07, 6.45) is 14.1. The number of hydrogen-bond donors (Lipinski definition) is 0. The lowest BCUT2D eigenvalue weighted by Gasteiger charge is -2.34. The van der Waals surface area contributed by atoms with E-state index < -0.39 is 5.41 Å². The van der Waals surface area contributed by atoms with Gasteiger partial charge in [-0.1, -0.05) is 194 Å². The van der Waals surface area contributed by atoms with Crippen LogP contribution in [0.4, 0.5) is 17.1 Å².